The number of benzene rings is 1. The molecule has 0 radical (unpaired) electrons. The van der Waals surface area contributed by atoms with Gasteiger partial charge in [-0.15, -0.1) is 0 Å². The Morgan fingerprint density at radius 2 is 2.00 bits per heavy atom. The van der Waals surface area contributed by atoms with Crippen molar-refractivity contribution in [1.29, 1.82) is 0 Å². The summed E-state index contributed by atoms with van der Waals surface area (Å²) in [6.07, 6.45) is 0. The summed E-state index contributed by atoms with van der Waals surface area (Å²) in [6.45, 7) is 2.77. The van der Waals surface area contributed by atoms with Gasteiger partial charge in [0.1, 0.15) is 0 Å². The molecule has 20 heavy (non-hydrogen) atoms. The van der Waals surface area contributed by atoms with Crippen molar-refractivity contribution in [1.82, 2.24) is 4.90 Å². The largest absolute Gasteiger partial charge is 0.469 e. The van der Waals surface area contributed by atoms with Crippen LogP contribution in [-0.2, 0) is 9.53 Å². The number of rotatable bonds is 2. The molecule has 0 aromatic heterocycles. The summed E-state index contributed by atoms with van der Waals surface area (Å²) in [5, 5.41) is 0.586. The first-order valence-corrected chi connectivity index (χ1v) is 7.02. The van der Waals surface area contributed by atoms with Gasteiger partial charge in [-0.3, -0.25) is 9.59 Å². The van der Waals surface area contributed by atoms with E-state index < -0.39 is 0 Å². The molecule has 1 aliphatic rings. The van der Waals surface area contributed by atoms with Crippen LogP contribution in [0, 0.1) is 11.8 Å². The van der Waals surface area contributed by atoms with E-state index in [4.69, 9.17) is 27.9 Å². The van der Waals surface area contributed by atoms with Crippen molar-refractivity contribution in [3.8, 4) is 0 Å². The van der Waals surface area contributed by atoms with Crippen LogP contribution in [0.15, 0.2) is 18.2 Å². The molecule has 2 unspecified atom stereocenters. The number of carbonyl (C=O) groups excluding carboxylic acids is 2. The number of esters is 1. The lowest BCUT2D eigenvalue weighted by atomic mass is 9.99. The average molecular weight is 316 g/mol. The molecule has 108 valence electrons. The highest BCUT2D eigenvalue weighted by molar-refractivity contribution is 6.43. The molecular formula is C14H15Cl2NO3. The van der Waals surface area contributed by atoms with Crippen molar-refractivity contribution < 1.29 is 14.3 Å². The molecule has 2 rings (SSSR count). The first-order valence-electron chi connectivity index (χ1n) is 6.26. The standard InChI is InChI=1S/C14H15Cl2NO3/c1-8-6-17(7-10(8)14(19)20-2)13(18)9-4-3-5-11(15)12(9)16/h3-5,8,10H,6-7H2,1-2H3. The zero-order chi connectivity index (χ0) is 14.9. The Hall–Kier alpha value is -1.26. The molecule has 4 nitrogen and oxygen atoms in total. The first-order chi connectivity index (χ1) is 9.45. The topological polar surface area (TPSA) is 46.6 Å². The summed E-state index contributed by atoms with van der Waals surface area (Å²) in [5.74, 6) is -0.730. The van der Waals surface area contributed by atoms with Crippen molar-refractivity contribution in [3.05, 3.63) is 33.8 Å². The van der Waals surface area contributed by atoms with Gasteiger partial charge in [-0.05, 0) is 18.1 Å². The van der Waals surface area contributed by atoms with E-state index in [1.807, 2.05) is 6.92 Å². The summed E-state index contributed by atoms with van der Waals surface area (Å²) in [6, 6.07) is 4.94. The number of hydrogen-bond donors (Lipinski definition) is 0. The SMILES string of the molecule is COC(=O)C1CN(C(=O)c2cccc(Cl)c2Cl)CC1C. The van der Waals surface area contributed by atoms with Crippen LogP contribution < -0.4 is 0 Å². The van der Waals surface area contributed by atoms with E-state index in [-0.39, 0.29) is 28.7 Å². The maximum atomic E-state index is 12.5. The molecule has 1 saturated heterocycles. The third-order valence-corrected chi connectivity index (χ3v) is 4.40. The summed E-state index contributed by atoms with van der Waals surface area (Å²) in [4.78, 5) is 25.7. The molecule has 2 atom stereocenters. The zero-order valence-electron chi connectivity index (χ0n) is 11.2. The lowest BCUT2D eigenvalue weighted by Gasteiger charge is -2.17. The van der Waals surface area contributed by atoms with Gasteiger partial charge >= 0.3 is 5.97 Å². The predicted molar refractivity (Wildman–Crippen MR) is 77.0 cm³/mol. The minimum Gasteiger partial charge on any atom is -0.469 e. The normalized spacial score (nSPS) is 21.9. The number of likely N-dealkylation sites (tertiary alicyclic amines) is 1. The number of halogens is 2. The van der Waals surface area contributed by atoms with E-state index in [9.17, 15) is 9.59 Å². The van der Waals surface area contributed by atoms with Crippen molar-refractivity contribution >= 4 is 35.1 Å². The number of ether oxygens (including phenoxy) is 1. The summed E-state index contributed by atoms with van der Waals surface area (Å²) in [7, 11) is 1.35. The summed E-state index contributed by atoms with van der Waals surface area (Å²) in [5.41, 5.74) is 0.358. The molecule has 1 aromatic rings. The molecule has 1 amide bonds. The van der Waals surface area contributed by atoms with E-state index in [0.717, 1.165) is 0 Å². The molecule has 1 aliphatic heterocycles. The van der Waals surface area contributed by atoms with Crippen LogP contribution in [0.2, 0.25) is 10.0 Å². The maximum Gasteiger partial charge on any atom is 0.310 e. The van der Waals surface area contributed by atoms with E-state index in [1.165, 1.54) is 7.11 Å². The second-order valence-electron chi connectivity index (χ2n) is 4.92. The van der Waals surface area contributed by atoms with Gasteiger partial charge in [-0.2, -0.15) is 0 Å². The number of nitrogens with zero attached hydrogens (tertiary/aromatic N) is 1. The minimum absolute atomic E-state index is 0.0596. The number of hydrogen-bond acceptors (Lipinski definition) is 3. The molecule has 6 heteroatoms. The van der Waals surface area contributed by atoms with Crippen LogP contribution in [0.25, 0.3) is 0 Å². The van der Waals surface area contributed by atoms with Crippen LogP contribution in [0.5, 0.6) is 0 Å². The molecule has 0 spiro atoms. The maximum absolute atomic E-state index is 12.5. The van der Waals surface area contributed by atoms with Gasteiger partial charge in [0.25, 0.3) is 5.91 Å². The van der Waals surface area contributed by atoms with Gasteiger partial charge in [-0.1, -0.05) is 36.2 Å². The Labute approximate surface area is 127 Å². The van der Waals surface area contributed by atoms with E-state index in [0.29, 0.717) is 23.7 Å². The summed E-state index contributed by atoms with van der Waals surface area (Å²) >= 11 is 12.0. The van der Waals surface area contributed by atoms with Gasteiger partial charge in [0, 0.05) is 13.1 Å². The highest BCUT2D eigenvalue weighted by atomic mass is 35.5. The summed E-state index contributed by atoms with van der Waals surface area (Å²) < 4.78 is 4.76. The van der Waals surface area contributed by atoms with E-state index >= 15 is 0 Å². The second-order valence-corrected chi connectivity index (χ2v) is 5.70. The average Bonchev–Trinajstić information content (AvgIpc) is 2.82. The Bertz CT molecular complexity index is 547. The van der Waals surface area contributed by atoms with Gasteiger partial charge in [0.15, 0.2) is 0 Å². The third kappa shape index (κ3) is 2.76. The zero-order valence-corrected chi connectivity index (χ0v) is 12.7. The molecule has 0 saturated carbocycles. The van der Waals surface area contributed by atoms with Crippen LogP contribution in [0.4, 0.5) is 0 Å². The molecule has 1 heterocycles. The number of amides is 1. The predicted octanol–water partition coefficient (Wildman–Crippen LogP) is 2.87. The molecule has 1 aromatic carbocycles. The van der Waals surface area contributed by atoms with Crippen LogP contribution in [-0.4, -0.2) is 37.0 Å². The fraction of sp³-hybridized carbons (Fsp3) is 0.429. The quantitative estimate of drug-likeness (QED) is 0.788. The van der Waals surface area contributed by atoms with Crippen molar-refractivity contribution in [3.63, 3.8) is 0 Å². The van der Waals surface area contributed by atoms with Crippen LogP contribution >= 0.6 is 23.2 Å². The Kier molecular flexibility index (Phi) is 4.55. The first kappa shape index (κ1) is 15.1. The van der Waals surface area contributed by atoms with Crippen LogP contribution in [0.1, 0.15) is 17.3 Å². The Morgan fingerprint density at radius 1 is 1.30 bits per heavy atom. The lowest BCUT2D eigenvalue weighted by Crippen LogP contribution is -2.30. The minimum atomic E-state index is -0.290. The van der Waals surface area contributed by atoms with E-state index in [2.05, 4.69) is 0 Å². The van der Waals surface area contributed by atoms with Crippen molar-refractivity contribution in [2.45, 2.75) is 6.92 Å². The van der Waals surface area contributed by atoms with Crippen LogP contribution in [0.3, 0.4) is 0 Å². The fourth-order valence-electron chi connectivity index (χ4n) is 2.43. The van der Waals surface area contributed by atoms with E-state index in [1.54, 1.807) is 23.1 Å². The van der Waals surface area contributed by atoms with Gasteiger partial charge in [0.2, 0.25) is 0 Å². The van der Waals surface area contributed by atoms with Gasteiger partial charge in [0.05, 0.1) is 28.6 Å². The lowest BCUT2D eigenvalue weighted by molar-refractivity contribution is -0.146. The van der Waals surface area contributed by atoms with Crippen molar-refractivity contribution in [2.75, 3.05) is 20.2 Å². The number of carbonyl (C=O) groups is 2. The molecule has 1 fully saturated rings. The highest BCUT2D eigenvalue weighted by Gasteiger charge is 2.38. The molecule has 0 N–H and O–H groups in total. The second kappa shape index (κ2) is 6.02. The smallest absolute Gasteiger partial charge is 0.310 e. The third-order valence-electron chi connectivity index (χ3n) is 3.59. The van der Waals surface area contributed by atoms with Gasteiger partial charge in [-0.25, -0.2) is 0 Å². The van der Waals surface area contributed by atoms with Crippen molar-refractivity contribution in [2.24, 2.45) is 11.8 Å². The molecular weight excluding hydrogens is 301 g/mol. The Balaban J connectivity index is 2.19. The molecule has 0 aliphatic carbocycles. The van der Waals surface area contributed by atoms with Gasteiger partial charge < -0.3 is 9.64 Å². The molecule has 0 bridgehead atoms. The Morgan fingerprint density at radius 3 is 2.65 bits per heavy atom. The fourth-order valence-corrected chi connectivity index (χ4v) is 2.81. The highest BCUT2D eigenvalue weighted by Crippen LogP contribution is 2.30. The number of methoxy groups -OCH3 is 1. The monoisotopic (exact) mass is 315 g/mol.